The van der Waals surface area contributed by atoms with E-state index in [0.29, 0.717) is 40.5 Å². The van der Waals surface area contributed by atoms with Crippen LogP contribution in [0, 0.1) is 5.92 Å². The van der Waals surface area contributed by atoms with Crippen LogP contribution in [0.4, 0.5) is 0 Å². The van der Waals surface area contributed by atoms with E-state index in [4.69, 9.17) is 20.2 Å². The van der Waals surface area contributed by atoms with Gasteiger partial charge in [0.05, 0.1) is 24.0 Å². The Hall–Kier alpha value is -3.36. The Bertz CT molecular complexity index is 1210. The summed E-state index contributed by atoms with van der Waals surface area (Å²) in [5.74, 6) is 1.40. The van der Waals surface area contributed by atoms with Gasteiger partial charge in [-0.05, 0) is 57.2 Å². The summed E-state index contributed by atoms with van der Waals surface area (Å²) >= 11 is 0. The van der Waals surface area contributed by atoms with Crippen LogP contribution in [0.25, 0.3) is 22.4 Å². The molecule has 0 atom stereocenters. The maximum Gasteiger partial charge on any atom is 0.277 e. The Labute approximate surface area is 192 Å². The lowest BCUT2D eigenvalue weighted by atomic mass is 9.87. The minimum Gasteiger partial charge on any atom is -0.493 e. The third-order valence-corrected chi connectivity index (χ3v) is 6.13. The van der Waals surface area contributed by atoms with Gasteiger partial charge in [0, 0.05) is 13.0 Å². The number of carbonyl (C=O) groups is 1. The van der Waals surface area contributed by atoms with Gasteiger partial charge in [-0.2, -0.15) is 5.10 Å². The molecule has 0 bridgehead atoms. The number of aromatic amines is 1. The molecule has 4 rings (SSSR count). The molecule has 0 radical (unpaired) electrons. The zero-order valence-corrected chi connectivity index (χ0v) is 19.4. The standard InChI is InChI=1S/C24H31N5O4/c1-4-6-18-20-21(29(3)28-18)24(31)27-23(26-20)17-13-16(11-12-19(17)32-5-2)33-15-9-7-14(8-10-15)22(25)30/h11-15H,4-10H2,1-3H3,(H2,25,30)(H,26,27,31). The first kappa shape index (κ1) is 22.8. The molecule has 9 heteroatoms. The van der Waals surface area contributed by atoms with E-state index in [-0.39, 0.29) is 23.5 Å². The number of benzene rings is 1. The van der Waals surface area contributed by atoms with Crippen LogP contribution in [0.1, 0.15) is 51.6 Å². The molecule has 0 saturated heterocycles. The molecule has 1 saturated carbocycles. The van der Waals surface area contributed by atoms with Gasteiger partial charge in [0.2, 0.25) is 5.91 Å². The number of nitrogens with two attached hydrogens (primary N) is 1. The highest BCUT2D eigenvalue weighted by Gasteiger charge is 2.26. The zero-order valence-electron chi connectivity index (χ0n) is 19.4. The second kappa shape index (κ2) is 9.64. The molecule has 1 aliphatic rings. The van der Waals surface area contributed by atoms with E-state index in [1.807, 2.05) is 25.1 Å². The highest BCUT2D eigenvalue weighted by molar-refractivity contribution is 5.80. The van der Waals surface area contributed by atoms with Crippen LogP contribution in [0.3, 0.4) is 0 Å². The molecule has 2 aromatic heterocycles. The third-order valence-electron chi connectivity index (χ3n) is 6.13. The first-order chi connectivity index (χ1) is 15.9. The van der Waals surface area contributed by atoms with Crippen molar-refractivity contribution in [1.29, 1.82) is 0 Å². The number of aromatic nitrogens is 4. The van der Waals surface area contributed by atoms with Crippen LogP contribution in [0.2, 0.25) is 0 Å². The molecule has 9 nitrogen and oxygen atoms in total. The first-order valence-corrected chi connectivity index (χ1v) is 11.6. The number of fused-ring (bicyclic) bond motifs is 1. The van der Waals surface area contributed by atoms with Crippen LogP contribution in [-0.2, 0) is 18.3 Å². The third kappa shape index (κ3) is 4.72. The Morgan fingerprint density at radius 3 is 2.67 bits per heavy atom. The van der Waals surface area contributed by atoms with Gasteiger partial charge in [0.15, 0.2) is 5.52 Å². The van der Waals surface area contributed by atoms with Gasteiger partial charge < -0.3 is 20.2 Å². The van der Waals surface area contributed by atoms with Crippen molar-refractivity contribution in [3.8, 4) is 22.9 Å². The van der Waals surface area contributed by atoms with Crippen LogP contribution in [0.5, 0.6) is 11.5 Å². The number of nitrogens with zero attached hydrogens (tertiary/aromatic N) is 3. The van der Waals surface area contributed by atoms with Crippen molar-refractivity contribution in [3.05, 3.63) is 34.2 Å². The van der Waals surface area contributed by atoms with E-state index in [1.165, 1.54) is 0 Å². The van der Waals surface area contributed by atoms with Crippen LogP contribution in [0.15, 0.2) is 23.0 Å². The zero-order chi connectivity index (χ0) is 23.5. The Morgan fingerprint density at radius 1 is 1.24 bits per heavy atom. The monoisotopic (exact) mass is 453 g/mol. The van der Waals surface area contributed by atoms with Crippen LogP contribution < -0.4 is 20.8 Å². The summed E-state index contributed by atoms with van der Waals surface area (Å²) in [5.41, 5.74) is 7.72. The molecule has 1 fully saturated rings. The minimum atomic E-state index is -0.245. The fourth-order valence-electron chi connectivity index (χ4n) is 4.49. The number of nitrogens with one attached hydrogen (secondary N) is 1. The molecule has 0 spiro atoms. The summed E-state index contributed by atoms with van der Waals surface area (Å²) in [6.07, 6.45) is 4.66. The molecule has 0 unspecified atom stereocenters. The van der Waals surface area contributed by atoms with Crippen molar-refractivity contribution in [3.63, 3.8) is 0 Å². The van der Waals surface area contributed by atoms with E-state index >= 15 is 0 Å². The highest BCUT2D eigenvalue weighted by Crippen LogP contribution is 2.34. The fourth-order valence-corrected chi connectivity index (χ4v) is 4.49. The molecule has 3 N–H and O–H groups in total. The van der Waals surface area contributed by atoms with E-state index in [2.05, 4.69) is 17.0 Å². The summed E-state index contributed by atoms with van der Waals surface area (Å²) in [6, 6.07) is 5.55. The second-order valence-corrected chi connectivity index (χ2v) is 8.52. The summed E-state index contributed by atoms with van der Waals surface area (Å²) in [7, 11) is 1.76. The number of carbonyl (C=O) groups excluding carboxylic acids is 1. The van der Waals surface area contributed by atoms with Crippen molar-refractivity contribution in [2.45, 2.75) is 58.5 Å². The summed E-state index contributed by atoms with van der Waals surface area (Å²) in [4.78, 5) is 32.0. The fraction of sp³-hybridized carbons (Fsp3) is 0.500. The number of hydrogen-bond donors (Lipinski definition) is 2. The summed E-state index contributed by atoms with van der Waals surface area (Å²) in [5, 5.41) is 4.49. The smallest absolute Gasteiger partial charge is 0.277 e. The largest absolute Gasteiger partial charge is 0.493 e. The number of ether oxygens (including phenoxy) is 2. The topological polar surface area (TPSA) is 125 Å². The molecule has 2 heterocycles. The first-order valence-electron chi connectivity index (χ1n) is 11.6. The Balaban J connectivity index is 1.69. The van der Waals surface area contributed by atoms with Crippen molar-refractivity contribution >= 4 is 16.9 Å². The van der Waals surface area contributed by atoms with Gasteiger partial charge in [-0.3, -0.25) is 14.3 Å². The van der Waals surface area contributed by atoms with Gasteiger partial charge >= 0.3 is 0 Å². The molecule has 33 heavy (non-hydrogen) atoms. The van der Waals surface area contributed by atoms with Crippen molar-refractivity contribution < 1.29 is 14.3 Å². The maximum atomic E-state index is 12.9. The number of amides is 1. The van der Waals surface area contributed by atoms with Crippen molar-refractivity contribution in [1.82, 2.24) is 19.7 Å². The van der Waals surface area contributed by atoms with E-state index < -0.39 is 0 Å². The van der Waals surface area contributed by atoms with Gasteiger partial charge in [-0.15, -0.1) is 0 Å². The molecular weight excluding hydrogens is 422 g/mol. The molecule has 176 valence electrons. The normalized spacial score (nSPS) is 18.4. The van der Waals surface area contributed by atoms with Gasteiger partial charge in [0.25, 0.3) is 5.56 Å². The molecule has 1 aromatic carbocycles. The average molecular weight is 454 g/mol. The Kier molecular flexibility index (Phi) is 6.67. The molecule has 3 aromatic rings. The summed E-state index contributed by atoms with van der Waals surface area (Å²) < 4.78 is 13.6. The predicted molar refractivity (Wildman–Crippen MR) is 125 cm³/mol. The molecular formula is C24H31N5O4. The van der Waals surface area contributed by atoms with Gasteiger partial charge in [-0.25, -0.2) is 4.98 Å². The number of rotatable bonds is 8. The van der Waals surface area contributed by atoms with Gasteiger partial charge in [0.1, 0.15) is 22.8 Å². The van der Waals surface area contributed by atoms with Crippen LogP contribution >= 0.6 is 0 Å². The number of H-pyrrole nitrogens is 1. The lowest BCUT2D eigenvalue weighted by molar-refractivity contribution is -0.123. The van der Waals surface area contributed by atoms with E-state index in [0.717, 1.165) is 44.2 Å². The van der Waals surface area contributed by atoms with Crippen LogP contribution in [-0.4, -0.2) is 38.4 Å². The SMILES string of the molecule is CCCc1nn(C)c2c(=O)[nH]c(-c3cc(OC4CCC(C(N)=O)CC4)ccc3OCC)nc12. The Morgan fingerprint density at radius 2 is 2.00 bits per heavy atom. The number of hydrogen-bond acceptors (Lipinski definition) is 6. The lowest BCUT2D eigenvalue weighted by Crippen LogP contribution is -2.31. The van der Waals surface area contributed by atoms with Crippen molar-refractivity contribution in [2.24, 2.45) is 18.7 Å². The number of primary amides is 1. The second-order valence-electron chi connectivity index (χ2n) is 8.52. The average Bonchev–Trinajstić information content (AvgIpc) is 3.11. The molecule has 1 aliphatic carbocycles. The van der Waals surface area contributed by atoms with Crippen molar-refractivity contribution in [2.75, 3.05) is 6.61 Å². The predicted octanol–water partition coefficient (Wildman–Crippen LogP) is 3.10. The highest BCUT2D eigenvalue weighted by atomic mass is 16.5. The number of aryl methyl sites for hydroxylation is 2. The lowest BCUT2D eigenvalue weighted by Gasteiger charge is -2.27. The molecule has 0 aliphatic heterocycles. The van der Waals surface area contributed by atoms with Gasteiger partial charge in [-0.1, -0.05) is 13.3 Å². The van der Waals surface area contributed by atoms with E-state index in [9.17, 15) is 9.59 Å². The summed E-state index contributed by atoms with van der Waals surface area (Å²) in [6.45, 7) is 4.45. The van der Waals surface area contributed by atoms with E-state index in [1.54, 1.807) is 11.7 Å². The maximum absolute atomic E-state index is 12.9. The minimum absolute atomic E-state index is 0.00959. The quantitative estimate of drug-likeness (QED) is 0.540. The molecule has 1 amide bonds.